The van der Waals surface area contributed by atoms with Crippen molar-refractivity contribution < 1.29 is 5.11 Å². The minimum Gasteiger partial charge on any atom is -0.390 e. The molecular formula is C18H24ClN3O. The number of aliphatic hydroxyl groups excluding tert-OH is 1. The molecule has 2 aromatic rings. The van der Waals surface area contributed by atoms with Gasteiger partial charge in [0.05, 0.1) is 12.6 Å². The molecule has 0 bridgehead atoms. The first-order valence-electron chi connectivity index (χ1n) is 8.40. The van der Waals surface area contributed by atoms with E-state index in [-0.39, 0.29) is 6.10 Å². The fourth-order valence-corrected chi connectivity index (χ4v) is 3.34. The molecule has 0 aliphatic carbocycles. The Morgan fingerprint density at radius 2 is 1.74 bits per heavy atom. The van der Waals surface area contributed by atoms with Crippen LogP contribution in [0, 0.1) is 0 Å². The normalized spacial score (nSPS) is 17.8. The molecule has 1 aromatic heterocycles. The molecular weight excluding hydrogens is 310 g/mol. The summed E-state index contributed by atoms with van der Waals surface area (Å²) in [6.45, 7) is 3.50. The van der Waals surface area contributed by atoms with Gasteiger partial charge in [-0.05, 0) is 50.2 Å². The second-order valence-corrected chi connectivity index (χ2v) is 6.72. The number of hydrogen-bond donors (Lipinski definition) is 1. The van der Waals surface area contributed by atoms with Gasteiger partial charge in [0, 0.05) is 29.5 Å². The zero-order valence-electron chi connectivity index (χ0n) is 13.4. The van der Waals surface area contributed by atoms with E-state index in [1.165, 1.54) is 25.7 Å². The van der Waals surface area contributed by atoms with Gasteiger partial charge in [-0.2, -0.15) is 0 Å². The predicted molar refractivity (Wildman–Crippen MR) is 93.6 cm³/mol. The Labute approximate surface area is 142 Å². The second-order valence-electron chi connectivity index (χ2n) is 6.28. The third-order valence-electron chi connectivity index (χ3n) is 4.39. The van der Waals surface area contributed by atoms with Crippen LogP contribution in [0.3, 0.4) is 0 Å². The molecule has 3 rings (SSSR count). The van der Waals surface area contributed by atoms with Gasteiger partial charge in [-0.25, -0.2) is 4.98 Å². The van der Waals surface area contributed by atoms with Crippen molar-refractivity contribution in [2.75, 3.05) is 19.6 Å². The summed E-state index contributed by atoms with van der Waals surface area (Å²) in [6.07, 6.45) is 8.44. The molecule has 0 spiro atoms. The van der Waals surface area contributed by atoms with E-state index in [1.807, 2.05) is 35.0 Å². The lowest BCUT2D eigenvalue weighted by Crippen LogP contribution is -2.35. The lowest BCUT2D eigenvalue weighted by atomic mass is 10.2. The number of rotatable bonds is 5. The number of likely N-dealkylation sites (tertiary alicyclic amines) is 1. The smallest absolute Gasteiger partial charge is 0.139 e. The number of hydrogen-bond acceptors (Lipinski definition) is 3. The third-order valence-corrected chi connectivity index (χ3v) is 4.64. The van der Waals surface area contributed by atoms with Gasteiger partial charge in [-0.15, -0.1) is 0 Å². The fourth-order valence-electron chi connectivity index (χ4n) is 3.22. The van der Waals surface area contributed by atoms with E-state index < -0.39 is 0 Å². The number of benzene rings is 1. The highest BCUT2D eigenvalue weighted by Crippen LogP contribution is 2.20. The topological polar surface area (TPSA) is 41.3 Å². The zero-order chi connectivity index (χ0) is 16.1. The minimum absolute atomic E-state index is 0.381. The molecule has 4 nitrogen and oxygen atoms in total. The molecule has 0 amide bonds. The van der Waals surface area contributed by atoms with E-state index >= 15 is 0 Å². The summed E-state index contributed by atoms with van der Waals surface area (Å²) < 4.78 is 2.02. The van der Waals surface area contributed by atoms with Gasteiger partial charge in [-0.1, -0.05) is 24.4 Å². The number of aromatic nitrogens is 2. The summed E-state index contributed by atoms with van der Waals surface area (Å²) >= 11 is 5.95. The molecule has 124 valence electrons. The highest BCUT2D eigenvalue weighted by atomic mass is 35.5. The van der Waals surface area contributed by atoms with Crippen LogP contribution in [0.5, 0.6) is 0 Å². The molecule has 1 aromatic carbocycles. The van der Waals surface area contributed by atoms with E-state index in [1.54, 1.807) is 6.20 Å². The summed E-state index contributed by atoms with van der Waals surface area (Å²) in [5.41, 5.74) is 1.02. The maximum Gasteiger partial charge on any atom is 0.139 e. The zero-order valence-corrected chi connectivity index (χ0v) is 14.1. The van der Waals surface area contributed by atoms with Crippen LogP contribution in [-0.4, -0.2) is 45.3 Å². The number of β-amino-alcohol motifs (C(OH)–C–C–N with tert-alkyl or cyclic N) is 1. The Balaban J connectivity index is 1.63. The Bertz CT molecular complexity index is 603. The summed E-state index contributed by atoms with van der Waals surface area (Å²) in [6, 6.07) is 7.65. The highest BCUT2D eigenvalue weighted by molar-refractivity contribution is 6.30. The van der Waals surface area contributed by atoms with Crippen LogP contribution in [0.4, 0.5) is 0 Å². The van der Waals surface area contributed by atoms with Gasteiger partial charge in [0.2, 0.25) is 0 Å². The van der Waals surface area contributed by atoms with Gasteiger partial charge < -0.3 is 14.6 Å². The standard InChI is InChI=1S/C18H24ClN3O/c19-16-7-5-15(6-8-16)18-20-9-12-22(18)14-17(23)13-21-10-3-1-2-4-11-21/h5-9,12,17,23H,1-4,10-11,13-14H2/t17-/m0/s1. The molecule has 1 atom stereocenters. The van der Waals surface area contributed by atoms with E-state index in [2.05, 4.69) is 9.88 Å². The first-order valence-corrected chi connectivity index (χ1v) is 8.77. The molecule has 2 heterocycles. The van der Waals surface area contributed by atoms with Crippen molar-refractivity contribution in [2.45, 2.75) is 38.3 Å². The van der Waals surface area contributed by atoms with Crippen molar-refractivity contribution in [3.8, 4) is 11.4 Å². The highest BCUT2D eigenvalue weighted by Gasteiger charge is 2.15. The molecule has 23 heavy (non-hydrogen) atoms. The van der Waals surface area contributed by atoms with Crippen LogP contribution >= 0.6 is 11.6 Å². The molecule has 0 saturated carbocycles. The molecule has 1 N–H and O–H groups in total. The van der Waals surface area contributed by atoms with Crippen LogP contribution in [0.2, 0.25) is 5.02 Å². The van der Waals surface area contributed by atoms with Crippen LogP contribution in [0.1, 0.15) is 25.7 Å². The quantitative estimate of drug-likeness (QED) is 0.911. The average molecular weight is 334 g/mol. The number of aliphatic hydroxyl groups is 1. The van der Waals surface area contributed by atoms with Crippen molar-refractivity contribution in [2.24, 2.45) is 0 Å². The van der Waals surface area contributed by atoms with Gasteiger partial charge in [-0.3, -0.25) is 0 Å². The van der Waals surface area contributed by atoms with E-state index in [4.69, 9.17) is 11.6 Å². The Morgan fingerprint density at radius 1 is 1.04 bits per heavy atom. The third kappa shape index (κ3) is 4.56. The Kier molecular flexibility index (Phi) is 5.70. The van der Waals surface area contributed by atoms with Gasteiger partial charge >= 0.3 is 0 Å². The average Bonchev–Trinajstić information content (AvgIpc) is 2.83. The largest absolute Gasteiger partial charge is 0.390 e. The van der Waals surface area contributed by atoms with Crippen LogP contribution < -0.4 is 0 Å². The SMILES string of the molecule is O[C@@H](CN1CCCCCC1)Cn1ccnc1-c1ccc(Cl)cc1. The summed E-state index contributed by atoms with van der Waals surface area (Å²) in [5.74, 6) is 0.872. The van der Waals surface area contributed by atoms with Gasteiger partial charge in [0.25, 0.3) is 0 Å². The summed E-state index contributed by atoms with van der Waals surface area (Å²) in [4.78, 5) is 6.81. The van der Waals surface area contributed by atoms with Crippen molar-refractivity contribution in [3.05, 3.63) is 41.7 Å². The minimum atomic E-state index is -0.381. The molecule has 1 saturated heterocycles. The van der Waals surface area contributed by atoms with E-state index in [0.717, 1.165) is 31.0 Å². The Hall–Kier alpha value is -1.36. The lowest BCUT2D eigenvalue weighted by molar-refractivity contribution is 0.1000. The molecule has 1 aliphatic heterocycles. The fraction of sp³-hybridized carbons (Fsp3) is 0.500. The van der Waals surface area contributed by atoms with Gasteiger partial charge in [0.15, 0.2) is 0 Å². The second kappa shape index (κ2) is 7.95. The number of nitrogens with zero attached hydrogens (tertiary/aromatic N) is 3. The van der Waals surface area contributed by atoms with Crippen LogP contribution in [-0.2, 0) is 6.54 Å². The lowest BCUT2D eigenvalue weighted by Gasteiger charge is -2.23. The summed E-state index contributed by atoms with van der Waals surface area (Å²) in [7, 11) is 0. The first-order chi connectivity index (χ1) is 11.2. The van der Waals surface area contributed by atoms with Crippen LogP contribution in [0.25, 0.3) is 11.4 Å². The predicted octanol–water partition coefficient (Wildman–Crippen LogP) is 3.44. The van der Waals surface area contributed by atoms with Crippen molar-refractivity contribution >= 4 is 11.6 Å². The Morgan fingerprint density at radius 3 is 2.43 bits per heavy atom. The van der Waals surface area contributed by atoms with Crippen molar-refractivity contribution in [1.82, 2.24) is 14.5 Å². The number of imidazole rings is 1. The van der Waals surface area contributed by atoms with Crippen molar-refractivity contribution in [3.63, 3.8) is 0 Å². The van der Waals surface area contributed by atoms with E-state index in [9.17, 15) is 5.11 Å². The van der Waals surface area contributed by atoms with Crippen molar-refractivity contribution in [1.29, 1.82) is 0 Å². The number of halogens is 1. The van der Waals surface area contributed by atoms with Crippen LogP contribution in [0.15, 0.2) is 36.7 Å². The molecule has 5 heteroatoms. The first kappa shape index (κ1) is 16.5. The molecule has 0 radical (unpaired) electrons. The molecule has 0 unspecified atom stereocenters. The van der Waals surface area contributed by atoms with Gasteiger partial charge in [0.1, 0.15) is 5.82 Å². The molecule has 1 aliphatic rings. The maximum absolute atomic E-state index is 10.5. The van der Waals surface area contributed by atoms with E-state index in [0.29, 0.717) is 11.6 Å². The summed E-state index contributed by atoms with van der Waals surface area (Å²) in [5, 5.41) is 11.2. The monoisotopic (exact) mass is 333 g/mol. The molecule has 1 fully saturated rings. The maximum atomic E-state index is 10.5.